The number of benzene rings is 1. The van der Waals surface area contributed by atoms with E-state index >= 15 is 0 Å². The summed E-state index contributed by atoms with van der Waals surface area (Å²) >= 11 is 0. The van der Waals surface area contributed by atoms with Crippen LogP contribution in [0.1, 0.15) is 10.5 Å². The van der Waals surface area contributed by atoms with Crippen LogP contribution < -0.4 is 5.32 Å². The van der Waals surface area contributed by atoms with Gasteiger partial charge < -0.3 is 14.8 Å². The zero-order valence-corrected chi connectivity index (χ0v) is 8.28. The molecule has 1 heterocycles. The zero-order valence-electron chi connectivity index (χ0n) is 8.28. The summed E-state index contributed by atoms with van der Waals surface area (Å²) in [5, 5.41) is 10.9. The Kier molecular flexibility index (Phi) is 2.73. The van der Waals surface area contributed by atoms with Gasteiger partial charge in [-0.15, -0.1) is 0 Å². The minimum Gasteiger partial charge on any atom is -0.476 e. The maximum absolute atomic E-state index is 13.2. The predicted octanol–water partition coefficient (Wildman–Crippen LogP) is 2.39. The maximum atomic E-state index is 13.2. The molecule has 0 unspecified atom stereocenters. The highest BCUT2D eigenvalue weighted by atomic mass is 19.2. The molecule has 0 saturated heterocycles. The fourth-order valence-corrected chi connectivity index (χ4v) is 1.14. The monoisotopic (exact) mass is 240 g/mol. The van der Waals surface area contributed by atoms with Crippen LogP contribution in [0.15, 0.2) is 28.9 Å². The van der Waals surface area contributed by atoms with E-state index in [2.05, 4.69) is 10.3 Å². The Hall–Kier alpha value is -2.44. The van der Waals surface area contributed by atoms with Gasteiger partial charge in [0.2, 0.25) is 0 Å². The normalized spacial score (nSPS) is 10.2. The van der Waals surface area contributed by atoms with Crippen LogP contribution in [0.3, 0.4) is 0 Å². The van der Waals surface area contributed by atoms with Gasteiger partial charge in [0.15, 0.2) is 17.3 Å². The Labute approximate surface area is 93.7 Å². The van der Waals surface area contributed by atoms with Crippen molar-refractivity contribution >= 4 is 17.7 Å². The van der Waals surface area contributed by atoms with Gasteiger partial charge in [0.05, 0.1) is 5.69 Å². The first kappa shape index (κ1) is 11.1. The van der Waals surface area contributed by atoms with Crippen molar-refractivity contribution in [3.8, 4) is 0 Å². The van der Waals surface area contributed by atoms with E-state index in [1.54, 1.807) is 0 Å². The topological polar surface area (TPSA) is 75.4 Å². The SMILES string of the molecule is O=C(O)c1coc(Nc2cccc(F)c2F)n1. The lowest BCUT2D eigenvalue weighted by Crippen LogP contribution is -1.99. The highest BCUT2D eigenvalue weighted by Crippen LogP contribution is 2.21. The number of carbonyl (C=O) groups is 1. The van der Waals surface area contributed by atoms with Crippen molar-refractivity contribution in [2.45, 2.75) is 0 Å². The molecule has 0 fully saturated rings. The Bertz CT molecular complexity index is 568. The van der Waals surface area contributed by atoms with Crippen LogP contribution in [0.4, 0.5) is 20.5 Å². The molecule has 5 nitrogen and oxygen atoms in total. The molecule has 2 aromatic rings. The molecule has 0 aliphatic carbocycles. The molecule has 0 radical (unpaired) electrons. The average molecular weight is 240 g/mol. The van der Waals surface area contributed by atoms with E-state index < -0.39 is 17.6 Å². The highest BCUT2D eigenvalue weighted by Gasteiger charge is 2.13. The van der Waals surface area contributed by atoms with Crippen LogP contribution in [-0.4, -0.2) is 16.1 Å². The van der Waals surface area contributed by atoms with Crippen molar-refractivity contribution < 1.29 is 23.1 Å². The van der Waals surface area contributed by atoms with Gasteiger partial charge in [-0.25, -0.2) is 13.6 Å². The van der Waals surface area contributed by atoms with Crippen LogP contribution in [0.25, 0.3) is 0 Å². The molecule has 1 aromatic heterocycles. The Morgan fingerprint density at radius 2 is 2.18 bits per heavy atom. The molecule has 2 rings (SSSR count). The lowest BCUT2D eigenvalue weighted by atomic mass is 10.3. The van der Waals surface area contributed by atoms with Crippen LogP contribution in [0.5, 0.6) is 0 Å². The van der Waals surface area contributed by atoms with E-state index in [0.29, 0.717) is 0 Å². The molecule has 2 N–H and O–H groups in total. The number of oxazole rings is 1. The largest absolute Gasteiger partial charge is 0.476 e. The van der Waals surface area contributed by atoms with Crippen molar-refractivity contribution in [1.82, 2.24) is 4.98 Å². The summed E-state index contributed by atoms with van der Waals surface area (Å²) in [7, 11) is 0. The van der Waals surface area contributed by atoms with Gasteiger partial charge in [-0.3, -0.25) is 0 Å². The molecule has 0 bridgehead atoms. The Morgan fingerprint density at radius 3 is 2.82 bits per heavy atom. The van der Waals surface area contributed by atoms with E-state index in [4.69, 9.17) is 9.52 Å². The van der Waals surface area contributed by atoms with E-state index in [-0.39, 0.29) is 17.4 Å². The second kappa shape index (κ2) is 4.20. The maximum Gasteiger partial charge on any atom is 0.357 e. The number of aromatic carboxylic acids is 1. The predicted molar refractivity (Wildman–Crippen MR) is 53.1 cm³/mol. The van der Waals surface area contributed by atoms with E-state index in [1.807, 2.05) is 0 Å². The molecule has 0 amide bonds. The van der Waals surface area contributed by atoms with E-state index in [9.17, 15) is 13.6 Å². The number of carboxylic acid groups (broad SMARTS) is 1. The molecule has 0 aliphatic rings. The van der Waals surface area contributed by atoms with Crippen LogP contribution in [0.2, 0.25) is 0 Å². The molecule has 0 saturated carbocycles. The highest BCUT2D eigenvalue weighted by molar-refractivity contribution is 5.85. The summed E-state index contributed by atoms with van der Waals surface area (Å²) in [5.74, 6) is -3.40. The number of anilines is 2. The molecule has 0 aliphatic heterocycles. The third-order valence-electron chi connectivity index (χ3n) is 1.92. The minimum atomic E-state index is -1.28. The number of hydrogen-bond acceptors (Lipinski definition) is 4. The Morgan fingerprint density at radius 1 is 1.41 bits per heavy atom. The van der Waals surface area contributed by atoms with Gasteiger partial charge in [-0.05, 0) is 12.1 Å². The lowest BCUT2D eigenvalue weighted by Gasteiger charge is -2.02. The third-order valence-corrected chi connectivity index (χ3v) is 1.92. The number of aromatic nitrogens is 1. The molecule has 7 heteroatoms. The van der Waals surface area contributed by atoms with Crippen molar-refractivity contribution in [2.75, 3.05) is 5.32 Å². The minimum absolute atomic E-state index is 0.191. The summed E-state index contributed by atoms with van der Waals surface area (Å²) in [4.78, 5) is 14.0. The molecule has 17 heavy (non-hydrogen) atoms. The van der Waals surface area contributed by atoms with Crippen LogP contribution in [0, 0.1) is 11.6 Å². The molecule has 0 spiro atoms. The van der Waals surface area contributed by atoms with Crippen molar-refractivity contribution in [3.05, 3.63) is 41.8 Å². The molecule has 0 atom stereocenters. The summed E-state index contributed by atoms with van der Waals surface area (Å²) in [5.41, 5.74) is -0.520. The van der Waals surface area contributed by atoms with Crippen LogP contribution >= 0.6 is 0 Å². The van der Waals surface area contributed by atoms with Crippen LogP contribution in [-0.2, 0) is 0 Å². The number of halogens is 2. The van der Waals surface area contributed by atoms with Gasteiger partial charge in [0.1, 0.15) is 6.26 Å². The van der Waals surface area contributed by atoms with Gasteiger partial charge in [0.25, 0.3) is 6.01 Å². The average Bonchev–Trinajstić information content (AvgIpc) is 2.73. The van der Waals surface area contributed by atoms with Gasteiger partial charge in [0, 0.05) is 0 Å². The number of carboxylic acids is 1. The number of nitrogens with zero attached hydrogens (tertiary/aromatic N) is 1. The summed E-state index contributed by atoms with van der Waals surface area (Å²) in [6, 6.07) is 3.29. The van der Waals surface area contributed by atoms with Gasteiger partial charge in [-0.1, -0.05) is 6.07 Å². The van der Waals surface area contributed by atoms with E-state index in [0.717, 1.165) is 12.3 Å². The number of hydrogen-bond donors (Lipinski definition) is 2. The molecule has 88 valence electrons. The Balaban J connectivity index is 2.25. The first-order chi connectivity index (χ1) is 8.08. The first-order valence-electron chi connectivity index (χ1n) is 4.48. The quantitative estimate of drug-likeness (QED) is 0.861. The number of rotatable bonds is 3. The van der Waals surface area contributed by atoms with Crippen molar-refractivity contribution in [3.63, 3.8) is 0 Å². The smallest absolute Gasteiger partial charge is 0.357 e. The second-order valence-corrected chi connectivity index (χ2v) is 3.07. The fourth-order valence-electron chi connectivity index (χ4n) is 1.14. The first-order valence-corrected chi connectivity index (χ1v) is 4.48. The van der Waals surface area contributed by atoms with Crippen molar-refractivity contribution in [2.24, 2.45) is 0 Å². The third kappa shape index (κ3) is 2.22. The lowest BCUT2D eigenvalue weighted by molar-refractivity contribution is 0.0690. The zero-order chi connectivity index (χ0) is 12.4. The molecule has 1 aromatic carbocycles. The standard InChI is InChI=1S/C10H6F2N2O3/c11-5-2-1-3-6(8(5)12)13-10-14-7(4-17-10)9(15)16/h1-4H,(H,13,14)(H,15,16). The number of nitrogens with one attached hydrogen (secondary N) is 1. The van der Waals surface area contributed by atoms with Crippen molar-refractivity contribution in [1.29, 1.82) is 0 Å². The summed E-state index contributed by atoms with van der Waals surface area (Å²) in [6.07, 6.45) is 0.891. The molecular formula is C10H6F2N2O3. The van der Waals surface area contributed by atoms with E-state index in [1.165, 1.54) is 12.1 Å². The molecular weight excluding hydrogens is 234 g/mol. The van der Waals surface area contributed by atoms with Gasteiger partial charge >= 0.3 is 5.97 Å². The summed E-state index contributed by atoms with van der Waals surface area (Å²) in [6.45, 7) is 0. The van der Waals surface area contributed by atoms with Gasteiger partial charge in [-0.2, -0.15) is 4.98 Å². The second-order valence-electron chi connectivity index (χ2n) is 3.07. The fraction of sp³-hybridized carbons (Fsp3) is 0. The summed E-state index contributed by atoms with van der Waals surface area (Å²) < 4.78 is 30.8.